The maximum Gasteiger partial charge on any atom is 0.236 e. The van der Waals surface area contributed by atoms with E-state index in [1.165, 1.54) is 12.1 Å². The van der Waals surface area contributed by atoms with Crippen molar-refractivity contribution in [2.45, 2.75) is 19.9 Å². The molecule has 1 amide bonds. The first-order valence-corrected chi connectivity index (χ1v) is 10.5. The highest BCUT2D eigenvalue weighted by molar-refractivity contribution is 5.95. The molecule has 0 radical (unpaired) electrons. The van der Waals surface area contributed by atoms with Crippen LogP contribution in [0.1, 0.15) is 13.3 Å². The Morgan fingerprint density at radius 3 is 2.72 bits per heavy atom. The number of rotatable bonds is 4. The van der Waals surface area contributed by atoms with Crippen molar-refractivity contribution < 1.29 is 23.4 Å². The van der Waals surface area contributed by atoms with E-state index < -0.39 is 5.41 Å². The molecule has 0 bridgehead atoms. The standard InChI is InChI=1S/C23H23FN4O4/c1-23(12-30-14-31-13-23)22(29)26-18-11-16(7-8-25-18)19-20(15-3-5-17(24)6-4-15)27-28-9-2-10-32-21(19)28/h3-8,11H,2,9-10,12-14H2,1H3,(H,25,26,29). The van der Waals surface area contributed by atoms with Crippen LogP contribution in [-0.4, -0.2) is 47.3 Å². The number of aryl methyl sites for hydroxylation is 1. The Bertz CT molecular complexity index is 1140. The van der Waals surface area contributed by atoms with Gasteiger partial charge in [0.1, 0.15) is 24.1 Å². The molecular weight excluding hydrogens is 415 g/mol. The SMILES string of the molecule is CC1(C(=O)Nc2cc(-c3c(-c4ccc(F)cc4)nn4c3OCCC4)ccn2)COCOC1. The number of amides is 1. The molecule has 1 N–H and O–H groups in total. The third-order valence-electron chi connectivity index (χ3n) is 5.62. The smallest absolute Gasteiger partial charge is 0.236 e. The monoisotopic (exact) mass is 438 g/mol. The summed E-state index contributed by atoms with van der Waals surface area (Å²) < 4.78 is 31.9. The number of carbonyl (C=O) groups excluding carboxylic acids is 1. The lowest BCUT2D eigenvalue weighted by Crippen LogP contribution is -2.44. The van der Waals surface area contributed by atoms with Crippen LogP contribution in [0.5, 0.6) is 5.88 Å². The average molecular weight is 438 g/mol. The summed E-state index contributed by atoms with van der Waals surface area (Å²) in [5.41, 5.74) is 2.24. The molecule has 9 heteroatoms. The largest absolute Gasteiger partial charge is 0.477 e. The normalized spacial score (nSPS) is 17.3. The summed E-state index contributed by atoms with van der Waals surface area (Å²) >= 11 is 0. The van der Waals surface area contributed by atoms with Crippen molar-refractivity contribution in [2.75, 3.05) is 31.9 Å². The number of halogens is 1. The van der Waals surface area contributed by atoms with Gasteiger partial charge in [-0.3, -0.25) is 4.79 Å². The minimum atomic E-state index is -0.796. The zero-order valence-electron chi connectivity index (χ0n) is 17.6. The molecule has 0 saturated carbocycles. The molecular formula is C23H23FN4O4. The van der Waals surface area contributed by atoms with Crippen LogP contribution < -0.4 is 10.1 Å². The molecule has 3 aromatic rings. The van der Waals surface area contributed by atoms with Gasteiger partial charge in [0.25, 0.3) is 0 Å². The first-order valence-electron chi connectivity index (χ1n) is 10.5. The number of anilines is 1. The van der Waals surface area contributed by atoms with Crippen LogP contribution in [0, 0.1) is 11.2 Å². The molecule has 1 fully saturated rings. The molecule has 0 atom stereocenters. The third-order valence-corrected chi connectivity index (χ3v) is 5.62. The first kappa shape index (κ1) is 20.6. The van der Waals surface area contributed by atoms with Gasteiger partial charge in [0, 0.05) is 24.7 Å². The summed E-state index contributed by atoms with van der Waals surface area (Å²) in [4.78, 5) is 17.2. The van der Waals surface area contributed by atoms with Crippen molar-refractivity contribution in [3.63, 3.8) is 0 Å². The molecule has 1 aromatic carbocycles. The van der Waals surface area contributed by atoms with Crippen LogP contribution in [0.25, 0.3) is 22.4 Å². The van der Waals surface area contributed by atoms with E-state index in [0.717, 1.165) is 29.7 Å². The van der Waals surface area contributed by atoms with E-state index in [-0.39, 0.29) is 31.7 Å². The predicted molar refractivity (Wildman–Crippen MR) is 114 cm³/mol. The third kappa shape index (κ3) is 3.85. The molecule has 8 nitrogen and oxygen atoms in total. The number of nitrogens with zero attached hydrogens (tertiary/aromatic N) is 3. The van der Waals surface area contributed by atoms with Gasteiger partial charge in [-0.05, 0) is 48.9 Å². The van der Waals surface area contributed by atoms with E-state index >= 15 is 0 Å². The van der Waals surface area contributed by atoms with Crippen molar-refractivity contribution in [3.8, 4) is 28.3 Å². The summed E-state index contributed by atoms with van der Waals surface area (Å²) in [6.45, 7) is 3.86. The maximum atomic E-state index is 13.5. The Morgan fingerprint density at radius 1 is 1.16 bits per heavy atom. The van der Waals surface area contributed by atoms with Crippen LogP contribution in [0.4, 0.5) is 10.2 Å². The van der Waals surface area contributed by atoms with Crippen LogP contribution in [0.15, 0.2) is 42.6 Å². The quantitative estimate of drug-likeness (QED) is 0.671. The van der Waals surface area contributed by atoms with Gasteiger partial charge in [0.15, 0.2) is 0 Å². The number of aromatic nitrogens is 3. The lowest BCUT2D eigenvalue weighted by molar-refractivity contribution is -0.170. The van der Waals surface area contributed by atoms with Gasteiger partial charge in [0.05, 0.1) is 30.8 Å². The molecule has 1 saturated heterocycles. The van der Waals surface area contributed by atoms with Crippen molar-refractivity contribution >= 4 is 11.7 Å². The van der Waals surface area contributed by atoms with Gasteiger partial charge < -0.3 is 19.5 Å². The fraction of sp³-hybridized carbons (Fsp3) is 0.348. The number of nitrogens with one attached hydrogen (secondary N) is 1. The number of pyridine rings is 1. The van der Waals surface area contributed by atoms with E-state index in [1.807, 2.05) is 10.7 Å². The molecule has 0 spiro atoms. The Labute approximate surface area is 184 Å². The van der Waals surface area contributed by atoms with Gasteiger partial charge >= 0.3 is 0 Å². The highest BCUT2D eigenvalue weighted by Gasteiger charge is 2.37. The summed E-state index contributed by atoms with van der Waals surface area (Å²) in [5, 5.41) is 7.60. The Kier molecular flexibility index (Phi) is 5.36. The fourth-order valence-electron chi connectivity index (χ4n) is 3.89. The highest BCUT2D eigenvalue weighted by Crippen LogP contribution is 2.41. The van der Waals surface area contributed by atoms with E-state index in [0.29, 0.717) is 24.0 Å². The molecule has 166 valence electrons. The molecule has 2 aromatic heterocycles. The molecule has 4 heterocycles. The minimum Gasteiger partial charge on any atom is -0.477 e. The van der Waals surface area contributed by atoms with Crippen LogP contribution in [-0.2, 0) is 20.8 Å². The molecule has 2 aliphatic rings. The first-order chi connectivity index (χ1) is 15.5. The topological polar surface area (TPSA) is 87.5 Å². The van der Waals surface area contributed by atoms with E-state index in [9.17, 15) is 9.18 Å². The molecule has 0 aliphatic carbocycles. The second kappa shape index (κ2) is 8.33. The second-order valence-corrected chi connectivity index (χ2v) is 8.22. The number of benzene rings is 1. The zero-order valence-corrected chi connectivity index (χ0v) is 17.6. The highest BCUT2D eigenvalue weighted by atomic mass is 19.1. The summed E-state index contributed by atoms with van der Waals surface area (Å²) in [6, 6.07) is 9.83. The van der Waals surface area contributed by atoms with Gasteiger partial charge in [-0.15, -0.1) is 0 Å². The fourth-order valence-corrected chi connectivity index (χ4v) is 3.89. The summed E-state index contributed by atoms with van der Waals surface area (Å²) in [6.07, 6.45) is 2.49. The van der Waals surface area contributed by atoms with E-state index in [1.54, 1.807) is 31.3 Å². The minimum absolute atomic E-state index is 0.190. The van der Waals surface area contributed by atoms with Gasteiger partial charge in [-0.2, -0.15) is 5.10 Å². The van der Waals surface area contributed by atoms with Crippen molar-refractivity contribution in [1.29, 1.82) is 0 Å². The average Bonchev–Trinajstić information content (AvgIpc) is 3.20. The number of fused-ring (bicyclic) bond motifs is 1. The Morgan fingerprint density at radius 2 is 1.94 bits per heavy atom. The number of ether oxygens (including phenoxy) is 3. The van der Waals surface area contributed by atoms with Crippen molar-refractivity contribution in [2.24, 2.45) is 5.41 Å². The van der Waals surface area contributed by atoms with E-state index in [4.69, 9.17) is 19.3 Å². The molecule has 32 heavy (non-hydrogen) atoms. The van der Waals surface area contributed by atoms with Gasteiger partial charge in [-0.25, -0.2) is 14.1 Å². The van der Waals surface area contributed by atoms with Gasteiger partial charge in [-0.1, -0.05) is 0 Å². The maximum absolute atomic E-state index is 13.5. The van der Waals surface area contributed by atoms with Crippen LogP contribution >= 0.6 is 0 Å². The van der Waals surface area contributed by atoms with Crippen LogP contribution in [0.3, 0.4) is 0 Å². The number of hydrogen-bond acceptors (Lipinski definition) is 6. The Balaban J connectivity index is 1.52. The lowest BCUT2D eigenvalue weighted by Gasteiger charge is -2.31. The van der Waals surface area contributed by atoms with E-state index in [2.05, 4.69) is 10.3 Å². The van der Waals surface area contributed by atoms with Crippen molar-refractivity contribution in [3.05, 3.63) is 48.4 Å². The van der Waals surface area contributed by atoms with Crippen molar-refractivity contribution in [1.82, 2.24) is 14.8 Å². The zero-order chi connectivity index (χ0) is 22.1. The molecule has 5 rings (SSSR count). The Hall–Kier alpha value is -3.30. The second-order valence-electron chi connectivity index (χ2n) is 8.22. The molecule has 0 unspecified atom stereocenters. The summed E-state index contributed by atoms with van der Waals surface area (Å²) in [5.74, 6) is 0.516. The van der Waals surface area contributed by atoms with Gasteiger partial charge in [0.2, 0.25) is 11.8 Å². The number of carbonyl (C=O) groups is 1. The molecule has 2 aliphatic heterocycles. The summed E-state index contributed by atoms with van der Waals surface area (Å²) in [7, 11) is 0. The number of hydrogen-bond donors (Lipinski definition) is 1. The predicted octanol–water partition coefficient (Wildman–Crippen LogP) is 3.48. The lowest BCUT2D eigenvalue weighted by atomic mass is 9.91. The van der Waals surface area contributed by atoms with Crippen LogP contribution in [0.2, 0.25) is 0 Å².